The molecule has 0 unspecified atom stereocenters. The number of halogens is 1. The molecule has 0 bridgehead atoms. The molecule has 0 aromatic carbocycles. The van der Waals surface area contributed by atoms with Gasteiger partial charge in [0.15, 0.2) is 5.43 Å². The number of fused-ring (bicyclic) bond motifs is 1. The zero-order valence-corrected chi connectivity index (χ0v) is 11.8. The van der Waals surface area contributed by atoms with Gasteiger partial charge in [-0.15, -0.1) is 34.4 Å². The van der Waals surface area contributed by atoms with Gasteiger partial charge in [-0.25, -0.2) is 0 Å². The van der Waals surface area contributed by atoms with Crippen molar-refractivity contribution in [3.8, 4) is 0 Å². The van der Waals surface area contributed by atoms with Crippen LogP contribution in [-0.2, 0) is 6.54 Å². The van der Waals surface area contributed by atoms with E-state index in [0.29, 0.717) is 15.3 Å². The summed E-state index contributed by atoms with van der Waals surface area (Å²) in [5, 5.41) is 4.09. The molecule has 2 rings (SSSR count). The van der Waals surface area contributed by atoms with Crippen LogP contribution < -0.4 is 5.43 Å². The minimum absolute atomic E-state index is 0.0846. The molecule has 0 N–H and O–H groups in total. The lowest BCUT2D eigenvalue weighted by molar-refractivity contribution is 1.02. The summed E-state index contributed by atoms with van der Waals surface area (Å²) < 4.78 is 2.39. The Kier molecular flexibility index (Phi) is 3.96. The van der Waals surface area contributed by atoms with E-state index in [0.717, 1.165) is 8.22 Å². The second-order valence-corrected chi connectivity index (χ2v) is 7.08. The summed E-state index contributed by atoms with van der Waals surface area (Å²) in [4.78, 5) is 14.9. The molecule has 0 aliphatic rings. The Bertz CT molecular complexity index is 672. The van der Waals surface area contributed by atoms with E-state index >= 15 is 0 Å². The average molecular weight is 304 g/mol. The van der Waals surface area contributed by atoms with Crippen LogP contribution in [0.1, 0.15) is 5.56 Å². The summed E-state index contributed by atoms with van der Waals surface area (Å²) in [6, 6.07) is 1.67. The Morgan fingerprint density at radius 1 is 1.59 bits per heavy atom. The fourth-order valence-electron chi connectivity index (χ4n) is 1.38. The highest BCUT2D eigenvalue weighted by molar-refractivity contribution is 8.00. The molecule has 0 radical (unpaired) electrons. The molecule has 0 spiro atoms. The molecule has 2 aromatic heterocycles. The number of hydrogen-bond donors (Lipinski definition) is 0. The summed E-state index contributed by atoms with van der Waals surface area (Å²) in [6.07, 6.45) is 1.89. The zero-order chi connectivity index (χ0) is 12.4. The third-order valence-electron chi connectivity index (χ3n) is 2.10. The number of thioether (sulfide) groups is 1. The Morgan fingerprint density at radius 3 is 3.00 bits per heavy atom. The van der Waals surface area contributed by atoms with E-state index in [-0.39, 0.29) is 12.0 Å². The molecule has 0 amide bonds. The maximum atomic E-state index is 12.2. The fourth-order valence-corrected chi connectivity index (χ4v) is 5.02. The molecule has 0 aliphatic carbocycles. The van der Waals surface area contributed by atoms with Gasteiger partial charge in [-0.05, 0) is 17.9 Å². The standard InChI is InChI=1S/C9H6ClN3OS3/c1-15-8-5(3-12-13-11)7(14)4-2-6(10)16-9(4)17-8/h2H,3H2,1H3. The Morgan fingerprint density at radius 2 is 2.35 bits per heavy atom. The second-order valence-electron chi connectivity index (χ2n) is 3.04. The van der Waals surface area contributed by atoms with Crippen LogP contribution in [-0.4, -0.2) is 6.26 Å². The molecular weight excluding hydrogens is 298 g/mol. The first-order valence-electron chi connectivity index (χ1n) is 4.47. The number of rotatable bonds is 3. The molecule has 4 nitrogen and oxygen atoms in total. The molecule has 0 fully saturated rings. The summed E-state index contributed by atoms with van der Waals surface area (Å²) in [5.74, 6) is 0. The van der Waals surface area contributed by atoms with Crippen LogP contribution in [0.3, 0.4) is 0 Å². The van der Waals surface area contributed by atoms with Gasteiger partial charge in [-0.1, -0.05) is 16.7 Å². The van der Waals surface area contributed by atoms with Gasteiger partial charge in [0, 0.05) is 10.5 Å². The van der Waals surface area contributed by atoms with E-state index in [9.17, 15) is 4.79 Å². The number of thiophene rings is 1. The van der Waals surface area contributed by atoms with Crippen molar-refractivity contribution in [3.63, 3.8) is 0 Å². The maximum absolute atomic E-state index is 12.2. The van der Waals surface area contributed by atoms with E-state index in [1.807, 2.05) is 6.26 Å². The summed E-state index contributed by atoms with van der Waals surface area (Å²) >= 11 is 10.3. The Labute approximate surface area is 114 Å². The molecule has 0 atom stereocenters. The SMILES string of the molecule is CSc1sc2sc(Cl)cc2c(=O)c1CN=[N+]=[N-]. The van der Waals surface area contributed by atoms with Gasteiger partial charge in [-0.3, -0.25) is 4.79 Å². The van der Waals surface area contributed by atoms with Gasteiger partial charge in [0.05, 0.1) is 24.5 Å². The third kappa shape index (κ3) is 2.43. The van der Waals surface area contributed by atoms with Gasteiger partial charge in [0.2, 0.25) is 0 Å². The molecule has 0 saturated heterocycles. The monoisotopic (exact) mass is 303 g/mol. The lowest BCUT2D eigenvalue weighted by atomic mass is 10.2. The van der Waals surface area contributed by atoms with Gasteiger partial charge < -0.3 is 0 Å². The maximum Gasteiger partial charge on any atom is 0.193 e. The van der Waals surface area contributed by atoms with E-state index < -0.39 is 0 Å². The quantitative estimate of drug-likeness (QED) is 0.362. The highest BCUT2D eigenvalue weighted by Gasteiger charge is 2.13. The number of azide groups is 1. The van der Waals surface area contributed by atoms with E-state index in [1.54, 1.807) is 6.07 Å². The van der Waals surface area contributed by atoms with Crippen LogP contribution in [0.2, 0.25) is 4.34 Å². The molecule has 8 heteroatoms. The zero-order valence-electron chi connectivity index (χ0n) is 8.64. The first-order valence-corrected chi connectivity index (χ1v) is 7.70. The summed E-state index contributed by atoms with van der Waals surface area (Å²) in [7, 11) is 0. The molecule has 0 aliphatic heterocycles. The highest BCUT2D eigenvalue weighted by Crippen LogP contribution is 2.36. The second kappa shape index (κ2) is 5.29. The topological polar surface area (TPSA) is 65.8 Å². The van der Waals surface area contributed by atoms with Crippen LogP contribution in [0.25, 0.3) is 19.8 Å². The van der Waals surface area contributed by atoms with Gasteiger partial charge in [-0.2, -0.15) is 0 Å². The number of hydrogen-bond acceptors (Lipinski definition) is 5. The summed E-state index contributed by atoms with van der Waals surface area (Å²) in [5.41, 5.74) is 8.81. The van der Waals surface area contributed by atoms with Gasteiger partial charge in [0.25, 0.3) is 0 Å². The lowest BCUT2D eigenvalue weighted by Crippen LogP contribution is -2.07. The van der Waals surface area contributed by atoms with Crippen LogP contribution in [0.5, 0.6) is 0 Å². The molecule has 2 aromatic rings. The molecule has 17 heavy (non-hydrogen) atoms. The van der Waals surface area contributed by atoms with E-state index in [1.165, 1.54) is 34.4 Å². The van der Waals surface area contributed by atoms with Crippen LogP contribution >= 0.6 is 46.0 Å². The van der Waals surface area contributed by atoms with Crippen LogP contribution in [0, 0.1) is 0 Å². The molecule has 0 saturated carbocycles. The first-order chi connectivity index (χ1) is 8.17. The molecule has 88 valence electrons. The van der Waals surface area contributed by atoms with Gasteiger partial charge in [0.1, 0.15) is 0 Å². The molecular formula is C9H6ClN3OS3. The minimum atomic E-state index is -0.0846. The Hall–Kier alpha value is -0.720. The summed E-state index contributed by atoms with van der Waals surface area (Å²) in [6.45, 7) is 0.0887. The van der Waals surface area contributed by atoms with Crippen molar-refractivity contribution < 1.29 is 0 Å². The predicted molar refractivity (Wildman–Crippen MR) is 75.6 cm³/mol. The van der Waals surface area contributed by atoms with Crippen molar-refractivity contribution in [3.05, 3.63) is 36.6 Å². The van der Waals surface area contributed by atoms with Crippen molar-refractivity contribution in [2.24, 2.45) is 5.11 Å². The lowest BCUT2D eigenvalue weighted by Gasteiger charge is -2.02. The fraction of sp³-hybridized carbons (Fsp3) is 0.222. The smallest absolute Gasteiger partial charge is 0.193 e. The normalized spacial score (nSPS) is 10.5. The van der Waals surface area contributed by atoms with Crippen molar-refractivity contribution in [1.82, 2.24) is 0 Å². The minimum Gasteiger partial charge on any atom is -0.289 e. The average Bonchev–Trinajstić information content (AvgIpc) is 2.68. The van der Waals surface area contributed by atoms with Gasteiger partial charge >= 0.3 is 0 Å². The van der Waals surface area contributed by atoms with Crippen molar-refractivity contribution >= 4 is 55.4 Å². The Balaban J connectivity index is 2.75. The van der Waals surface area contributed by atoms with Crippen molar-refractivity contribution in [2.45, 2.75) is 10.8 Å². The number of nitrogens with zero attached hydrogens (tertiary/aromatic N) is 3. The van der Waals surface area contributed by atoms with E-state index in [4.69, 9.17) is 17.1 Å². The highest BCUT2D eigenvalue weighted by atomic mass is 35.5. The van der Waals surface area contributed by atoms with Crippen molar-refractivity contribution in [1.29, 1.82) is 0 Å². The molecule has 2 heterocycles. The first kappa shape index (κ1) is 12.7. The van der Waals surface area contributed by atoms with Crippen molar-refractivity contribution in [2.75, 3.05) is 6.26 Å². The third-order valence-corrected chi connectivity index (χ3v) is 5.86. The van der Waals surface area contributed by atoms with Crippen LogP contribution in [0.4, 0.5) is 0 Å². The largest absolute Gasteiger partial charge is 0.289 e. The van der Waals surface area contributed by atoms with Crippen LogP contribution in [0.15, 0.2) is 20.2 Å². The predicted octanol–water partition coefficient (Wildman–Crippen LogP) is 4.51. The van der Waals surface area contributed by atoms with E-state index in [2.05, 4.69) is 10.0 Å².